The van der Waals surface area contributed by atoms with Crippen molar-refractivity contribution in [2.24, 2.45) is 0 Å². The van der Waals surface area contributed by atoms with Gasteiger partial charge < -0.3 is 13.7 Å². The highest BCUT2D eigenvalue weighted by Gasteiger charge is 2.24. The van der Waals surface area contributed by atoms with Gasteiger partial charge in [-0.2, -0.15) is 16.3 Å². The minimum atomic E-state index is -3.64. The number of carbonyl (C=O) groups excluding carboxylic acids is 1. The summed E-state index contributed by atoms with van der Waals surface area (Å²) in [4.78, 5) is 16.7. The van der Waals surface area contributed by atoms with Crippen LogP contribution in [0.1, 0.15) is 22.0 Å². The van der Waals surface area contributed by atoms with Gasteiger partial charge in [0.25, 0.3) is 5.89 Å². The third-order valence-electron chi connectivity index (χ3n) is 3.95. The predicted molar refractivity (Wildman–Crippen MR) is 103 cm³/mol. The molecule has 0 unspecified atom stereocenters. The van der Waals surface area contributed by atoms with Crippen LogP contribution in [0.25, 0.3) is 11.4 Å². The van der Waals surface area contributed by atoms with Gasteiger partial charge in [-0.05, 0) is 29.6 Å². The number of nitrogens with zero attached hydrogens (tertiary/aromatic N) is 2. The van der Waals surface area contributed by atoms with Crippen LogP contribution in [0, 0.1) is 0 Å². The highest BCUT2D eigenvalue weighted by atomic mass is 32.2. The molecule has 1 aromatic carbocycles. The standard InChI is InChI=1S/C19H14N2O6S2/c22-19(26-10-16-20-18(21-27-16)13-7-9-28-11-13)17-14(6-8-25-17)12-29(23,24)15-4-2-1-3-5-15/h1-9,11H,10,12H2. The van der Waals surface area contributed by atoms with Gasteiger partial charge in [0.15, 0.2) is 16.4 Å². The molecule has 3 heterocycles. The molecule has 0 bridgehead atoms. The molecular weight excluding hydrogens is 416 g/mol. The predicted octanol–water partition coefficient (Wildman–Crippen LogP) is 3.72. The maximum absolute atomic E-state index is 12.5. The fourth-order valence-electron chi connectivity index (χ4n) is 2.56. The molecule has 0 aliphatic rings. The zero-order chi connectivity index (χ0) is 20.3. The molecule has 0 saturated heterocycles. The summed E-state index contributed by atoms with van der Waals surface area (Å²) in [5, 5.41) is 7.57. The van der Waals surface area contributed by atoms with E-state index in [-0.39, 0.29) is 34.5 Å². The van der Waals surface area contributed by atoms with Crippen LogP contribution in [-0.2, 0) is 26.9 Å². The summed E-state index contributed by atoms with van der Waals surface area (Å²) in [6.45, 7) is -0.262. The molecule has 0 fully saturated rings. The first-order chi connectivity index (χ1) is 14.0. The van der Waals surface area contributed by atoms with Crippen molar-refractivity contribution in [1.82, 2.24) is 10.1 Å². The molecule has 148 valence electrons. The number of esters is 1. The fourth-order valence-corrected chi connectivity index (χ4v) is 4.57. The van der Waals surface area contributed by atoms with Gasteiger partial charge in [-0.25, -0.2) is 13.2 Å². The number of furan rings is 1. The topological polar surface area (TPSA) is 112 Å². The lowest BCUT2D eigenvalue weighted by Crippen LogP contribution is -2.10. The van der Waals surface area contributed by atoms with E-state index in [1.165, 1.54) is 35.8 Å². The van der Waals surface area contributed by atoms with Crippen molar-refractivity contribution in [3.05, 3.63) is 76.7 Å². The zero-order valence-corrected chi connectivity index (χ0v) is 16.5. The van der Waals surface area contributed by atoms with Gasteiger partial charge in [0.05, 0.1) is 16.9 Å². The highest BCUT2D eigenvalue weighted by molar-refractivity contribution is 7.90. The van der Waals surface area contributed by atoms with E-state index in [1.54, 1.807) is 18.2 Å². The largest absolute Gasteiger partial charge is 0.457 e. The molecule has 0 aliphatic heterocycles. The van der Waals surface area contributed by atoms with E-state index in [4.69, 9.17) is 13.7 Å². The van der Waals surface area contributed by atoms with Gasteiger partial charge in [-0.3, -0.25) is 0 Å². The first-order valence-corrected chi connectivity index (χ1v) is 11.0. The Labute approximate surface area is 169 Å². The van der Waals surface area contributed by atoms with E-state index < -0.39 is 15.8 Å². The maximum atomic E-state index is 12.5. The Balaban J connectivity index is 1.43. The van der Waals surface area contributed by atoms with Crippen LogP contribution in [0.3, 0.4) is 0 Å². The lowest BCUT2D eigenvalue weighted by atomic mass is 10.3. The van der Waals surface area contributed by atoms with E-state index in [0.29, 0.717) is 5.82 Å². The molecule has 3 aromatic heterocycles. The van der Waals surface area contributed by atoms with Gasteiger partial charge in [0.2, 0.25) is 11.6 Å². The number of aromatic nitrogens is 2. The number of rotatable bonds is 7. The Morgan fingerprint density at radius 2 is 1.97 bits per heavy atom. The molecule has 4 aromatic rings. The Bertz CT molecular complexity index is 1210. The molecule has 29 heavy (non-hydrogen) atoms. The Morgan fingerprint density at radius 1 is 1.14 bits per heavy atom. The average molecular weight is 430 g/mol. The smallest absolute Gasteiger partial charge is 0.375 e. The Hall–Kier alpha value is -3.24. The van der Waals surface area contributed by atoms with Crippen molar-refractivity contribution >= 4 is 27.1 Å². The number of hydrogen-bond acceptors (Lipinski definition) is 9. The minimum Gasteiger partial charge on any atom is -0.457 e. The summed E-state index contributed by atoms with van der Waals surface area (Å²) < 4.78 is 40.4. The van der Waals surface area contributed by atoms with Gasteiger partial charge >= 0.3 is 5.97 Å². The lowest BCUT2D eigenvalue weighted by molar-refractivity contribution is 0.0392. The van der Waals surface area contributed by atoms with Gasteiger partial charge in [0.1, 0.15) is 0 Å². The van der Waals surface area contributed by atoms with Crippen LogP contribution in [-0.4, -0.2) is 24.5 Å². The Morgan fingerprint density at radius 3 is 2.72 bits per heavy atom. The molecular formula is C19H14N2O6S2. The molecule has 0 radical (unpaired) electrons. The van der Waals surface area contributed by atoms with Crippen LogP contribution in [0.4, 0.5) is 0 Å². The average Bonchev–Trinajstić information content (AvgIpc) is 3.47. The number of sulfone groups is 1. The first kappa shape index (κ1) is 19.1. The summed E-state index contributed by atoms with van der Waals surface area (Å²) in [7, 11) is -3.64. The van der Waals surface area contributed by atoms with Crippen molar-refractivity contribution in [3.63, 3.8) is 0 Å². The fraction of sp³-hybridized carbons (Fsp3) is 0.105. The molecule has 0 aliphatic carbocycles. The molecule has 10 heteroatoms. The van der Waals surface area contributed by atoms with Crippen molar-refractivity contribution in [3.8, 4) is 11.4 Å². The normalized spacial score (nSPS) is 11.4. The van der Waals surface area contributed by atoms with E-state index in [9.17, 15) is 13.2 Å². The SMILES string of the molecule is O=C(OCc1nc(-c2ccsc2)no1)c1occc1CS(=O)(=O)c1ccccc1. The van der Waals surface area contributed by atoms with Crippen LogP contribution in [0.2, 0.25) is 0 Å². The van der Waals surface area contributed by atoms with Gasteiger partial charge in [-0.1, -0.05) is 23.4 Å². The van der Waals surface area contributed by atoms with E-state index in [1.807, 2.05) is 16.8 Å². The molecule has 0 amide bonds. The van der Waals surface area contributed by atoms with E-state index >= 15 is 0 Å². The summed E-state index contributed by atoms with van der Waals surface area (Å²) in [6.07, 6.45) is 1.24. The summed E-state index contributed by atoms with van der Waals surface area (Å²) >= 11 is 1.50. The van der Waals surface area contributed by atoms with Crippen molar-refractivity contribution in [1.29, 1.82) is 0 Å². The van der Waals surface area contributed by atoms with E-state index in [0.717, 1.165) is 5.56 Å². The third kappa shape index (κ3) is 4.28. The minimum absolute atomic E-state index is 0.115. The second-order valence-electron chi connectivity index (χ2n) is 5.95. The molecule has 8 nitrogen and oxygen atoms in total. The van der Waals surface area contributed by atoms with Crippen LogP contribution < -0.4 is 0 Å². The summed E-state index contributed by atoms with van der Waals surface area (Å²) in [6, 6.07) is 11.2. The third-order valence-corrected chi connectivity index (χ3v) is 6.32. The molecule has 0 spiro atoms. The van der Waals surface area contributed by atoms with Crippen molar-refractivity contribution in [2.45, 2.75) is 17.3 Å². The number of carbonyl (C=O) groups is 1. The first-order valence-electron chi connectivity index (χ1n) is 8.39. The zero-order valence-electron chi connectivity index (χ0n) is 14.8. The molecule has 4 rings (SSSR count). The molecule has 0 N–H and O–H groups in total. The summed E-state index contributed by atoms with van der Waals surface area (Å²) in [5.74, 6) is -0.874. The molecule has 0 saturated carbocycles. The Kier molecular flexibility index (Phi) is 5.28. The lowest BCUT2D eigenvalue weighted by Gasteiger charge is -2.05. The quantitative estimate of drug-likeness (QED) is 0.408. The number of benzene rings is 1. The van der Waals surface area contributed by atoms with Crippen LogP contribution in [0.5, 0.6) is 0 Å². The van der Waals surface area contributed by atoms with Crippen LogP contribution in [0.15, 0.2) is 73.3 Å². The highest BCUT2D eigenvalue weighted by Crippen LogP contribution is 2.22. The number of hydrogen-bond donors (Lipinski definition) is 0. The van der Waals surface area contributed by atoms with E-state index in [2.05, 4.69) is 10.1 Å². The van der Waals surface area contributed by atoms with Gasteiger partial charge in [0, 0.05) is 16.5 Å². The van der Waals surface area contributed by atoms with Crippen molar-refractivity contribution < 1.29 is 26.9 Å². The molecule has 0 atom stereocenters. The van der Waals surface area contributed by atoms with Gasteiger partial charge in [-0.15, -0.1) is 0 Å². The monoisotopic (exact) mass is 430 g/mol. The maximum Gasteiger partial charge on any atom is 0.375 e. The second kappa shape index (κ2) is 8.02. The second-order valence-corrected chi connectivity index (χ2v) is 8.72. The number of ether oxygens (including phenoxy) is 1. The number of thiophene rings is 1. The van der Waals surface area contributed by atoms with Crippen LogP contribution >= 0.6 is 11.3 Å². The van der Waals surface area contributed by atoms with Crippen molar-refractivity contribution in [2.75, 3.05) is 0 Å². The summed E-state index contributed by atoms with van der Waals surface area (Å²) in [5.41, 5.74) is 1.01.